The molecule has 0 amide bonds. The van der Waals surface area contributed by atoms with Crippen molar-refractivity contribution in [3.05, 3.63) is 48.4 Å². The van der Waals surface area contributed by atoms with Crippen LogP contribution in [0.2, 0.25) is 0 Å². The van der Waals surface area contributed by atoms with Gasteiger partial charge in [-0.1, -0.05) is 5.16 Å². The zero-order valence-corrected chi connectivity index (χ0v) is 22.8. The van der Waals surface area contributed by atoms with Gasteiger partial charge in [0, 0.05) is 63.5 Å². The molecule has 13 heteroatoms. The number of anilines is 1. The standard InChI is InChI=1S/C26H31N5O7S/c1-18-27-26(28-38-18)19-4-6-20(7-5-19)31-16-22(37-25(31)17-32)15-29-10-12-30(13-11-29)39(33,34)24-14-21(35-2)8-9-23(24)36-3/h4-9,14,17,22,25H,10-13,15-16H2,1-3H3. The van der Waals surface area contributed by atoms with Crippen LogP contribution in [0.15, 0.2) is 51.9 Å². The first-order valence-electron chi connectivity index (χ1n) is 12.5. The smallest absolute Gasteiger partial charge is 0.246 e. The van der Waals surface area contributed by atoms with Gasteiger partial charge in [-0.15, -0.1) is 0 Å². The maximum atomic E-state index is 13.4. The molecule has 3 heterocycles. The number of carbonyl (C=O) groups is 1. The first kappa shape index (κ1) is 27.1. The number of hydrogen-bond acceptors (Lipinski definition) is 11. The number of ether oxygens (including phenoxy) is 3. The number of nitrogens with zero attached hydrogens (tertiary/aromatic N) is 5. The van der Waals surface area contributed by atoms with E-state index < -0.39 is 16.3 Å². The van der Waals surface area contributed by atoms with Gasteiger partial charge in [0.05, 0.1) is 20.3 Å². The second-order valence-corrected chi connectivity index (χ2v) is 11.2. The second kappa shape index (κ2) is 11.3. The molecule has 2 atom stereocenters. The Morgan fingerprint density at radius 3 is 2.41 bits per heavy atom. The third kappa shape index (κ3) is 5.62. The number of piperazine rings is 1. The Bertz CT molecular complexity index is 1400. The highest BCUT2D eigenvalue weighted by Gasteiger charge is 2.36. The average Bonchev–Trinajstić information content (AvgIpc) is 3.59. The van der Waals surface area contributed by atoms with Crippen LogP contribution in [0.5, 0.6) is 11.5 Å². The van der Waals surface area contributed by atoms with Crippen molar-refractivity contribution in [1.82, 2.24) is 19.3 Å². The monoisotopic (exact) mass is 557 g/mol. The number of rotatable bonds is 9. The van der Waals surface area contributed by atoms with Gasteiger partial charge in [0.2, 0.25) is 21.7 Å². The molecule has 2 aliphatic rings. The Kier molecular flexibility index (Phi) is 7.84. The number of methoxy groups -OCH3 is 2. The van der Waals surface area contributed by atoms with Crippen molar-refractivity contribution in [1.29, 1.82) is 0 Å². The van der Waals surface area contributed by atoms with E-state index in [0.29, 0.717) is 56.7 Å². The third-order valence-corrected chi connectivity index (χ3v) is 8.84. The van der Waals surface area contributed by atoms with Crippen molar-refractivity contribution in [3.8, 4) is 22.9 Å². The lowest BCUT2D eigenvalue weighted by atomic mass is 10.1. The largest absolute Gasteiger partial charge is 0.497 e. The quantitative estimate of drug-likeness (QED) is 0.357. The minimum absolute atomic E-state index is 0.0851. The van der Waals surface area contributed by atoms with Crippen LogP contribution in [0, 0.1) is 6.92 Å². The van der Waals surface area contributed by atoms with Crippen LogP contribution in [0.25, 0.3) is 11.4 Å². The molecule has 0 radical (unpaired) electrons. The van der Waals surface area contributed by atoms with Crippen LogP contribution in [-0.4, -0.2) is 99.9 Å². The maximum absolute atomic E-state index is 13.4. The van der Waals surface area contributed by atoms with E-state index in [-0.39, 0.29) is 16.7 Å². The van der Waals surface area contributed by atoms with Gasteiger partial charge in [-0.25, -0.2) is 8.42 Å². The molecule has 0 N–H and O–H groups in total. The Balaban J connectivity index is 1.20. The van der Waals surface area contributed by atoms with Gasteiger partial charge >= 0.3 is 0 Å². The molecule has 0 aliphatic carbocycles. The number of sulfonamides is 1. The molecule has 1 aromatic heterocycles. The lowest BCUT2D eigenvalue weighted by molar-refractivity contribution is -0.117. The molecule has 5 rings (SSSR count). The first-order valence-corrected chi connectivity index (χ1v) is 14.0. The van der Waals surface area contributed by atoms with Crippen LogP contribution in [-0.2, 0) is 19.6 Å². The minimum Gasteiger partial charge on any atom is -0.497 e. The number of carbonyl (C=O) groups excluding carboxylic acids is 1. The van der Waals surface area contributed by atoms with E-state index in [9.17, 15) is 13.2 Å². The van der Waals surface area contributed by atoms with Gasteiger partial charge < -0.3 is 23.6 Å². The minimum atomic E-state index is -3.77. The predicted molar refractivity (Wildman–Crippen MR) is 141 cm³/mol. The molecule has 208 valence electrons. The molecular weight excluding hydrogens is 526 g/mol. The zero-order valence-electron chi connectivity index (χ0n) is 22.0. The molecule has 2 fully saturated rings. The van der Waals surface area contributed by atoms with Gasteiger partial charge in [-0.2, -0.15) is 9.29 Å². The molecule has 2 aliphatic heterocycles. The van der Waals surface area contributed by atoms with Crippen molar-refractivity contribution in [2.75, 3.05) is 58.4 Å². The SMILES string of the molecule is COc1ccc(OC)c(S(=O)(=O)N2CCN(CC3CN(c4ccc(-c5noc(C)n5)cc4)C(C=O)O3)CC2)c1. The van der Waals surface area contributed by atoms with E-state index in [4.69, 9.17) is 18.7 Å². The fraction of sp³-hybridized carbons (Fsp3) is 0.423. The highest BCUT2D eigenvalue weighted by Crippen LogP contribution is 2.31. The molecule has 0 spiro atoms. The second-order valence-electron chi connectivity index (χ2n) is 9.34. The summed E-state index contributed by atoms with van der Waals surface area (Å²) in [6.45, 7) is 4.57. The van der Waals surface area contributed by atoms with E-state index >= 15 is 0 Å². The normalized spacial score (nSPS) is 20.7. The molecular formula is C26H31N5O7S. The molecule has 2 aromatic carbocycles. The summed E-state index contributed by atoms with van der Waals surface area (Å²) >= 11 is 0. The average molecular weight is 558 g/mol. The Labute approximate surface area is 227 Å². The fourth-order valence-electron chi connectivity index (χ4n) is 4.88. The van der Waals surface area contributed by atoms with Crippen molar-refractivity contribution >= 4 is 22.0 Å². The topological polar surface area (TPSA) is 128 Å². The van der Waals surface area contributed by atoms with E-state index in [2.05, 4.69) is 15.0 Å². The summed E-state index contributed by atoms with van der Waals surface area (Å²) < 4.78 is 49.8. The van der Waals surface area contributed by atoms with Gasteiger partial charge in [-0.05, 0) is 36.4 Å². The summed E-state index contributed by atoms with van der Waals surface area (Å²) in [4.78, 5) is 20.2. The van der Waals surface area contributed by atoms with Crippen molar-refractivity contribution in [2.24, 2.45) is 0 Å². The molecule has 2 saturated heterocycles. The van der Waals surface area contributed by atoms with Gasteiger partial charge in [-0.3, -0.25) is 9.69 Å². The van der Waals surface area contributed by atoms with E-state index in [1.165, 1.54) is 24.6 Å². The number of benzene rings is 2. The van der Waals surface area contributed by atoms with Crippen molar-refractivity contribution in [3.63, 3.8) is 0 Å². The van der Waals surface area contributed by atoms with Crippen LogP contribution in [0.1, 0.15) is 5.89 Å². The van der Waals surface area contributed by atoms with Crippen molar-refractivity contribution in [2.45, 2.75) is 24.2 Å². The highest BCUT2D eigenvalue weighted by atomic mass is 32.2. The lowest BCUT2D eigenvalue weighted by Crippen LogP contribution is -2.50. The summed E-state index contributed by atoms with van der Waals surface area (Å²) in [5, 5.41) is 3.94. The zero-order chi connectivity index (χ0) is 27.6. The van der Waals surface area contributed by atoms with Crippen molar-refractivity contribution < 1.29 is 31.9 Å². The van der Waals surface area contributed by atoms with Crippen LogP contribution in [0.3, 0.4) is 0 Å². The number of hydrogen-bond donors (Lipinski definition) is 0. The van der Waals surface area contributed by atoms with E-state index in [1.54, 1.807) is 19.1 Å². The lowest BCUT2D eigenvalue weighted by Gasteiger charge is -2.35. The highest BCUT2D eigenvalue weighted by molar-refractivity contribution is 7.89. The Morgan fingerprint density at radius 2 is 1.79 bits per heavy atom. The molecule has 12 nitrogen and oxygen atoms in total. The third-order valence-electron chi connectivity index (χ3n) is 6.92. The number of aryl methyl sites for hydroxylation is 1. The summed E-state index contributed by atoms with van der Waals surface area (Å²) in [5.41, 5.74) is 1.66. The Hall–Kier alpha value is -3.52. The summed E-state index contributed by atoms with van der Waals surface area (Å²) in [5.74, 6) is 1.72. The van der Waals surface area contributed by atoms with Crippen LogP contribution >= 0.6 is 0 Å². The molecule has 39 heavy (non-hydrogen) atoms. The van der Waals surface area contributed by atoms with Gasteiger partial charge in [0.15, 0.2) is 12.5 Å². The molecule has 3 aromatic rings. The maximum Gasteiger partial charge on any atom is 0.246 e. The summed E-state index contributed by atoms with van der Waals surface area (Å²) in [6.07, 6.45) is -0.112. The van der Waals surface area contributed by atoms with Crippen LogP contribution in [0.4, 0.5) is 5.69 Å². The first-order chi connectivity index (χ1) is 18.8. The van der Waals surface area contributed by atoms with E-state index in [1.807, 2.05) is 29.2 Å². The van der Waals surface area contributed by atoms with Gasteiger partial charge in [0.1, 0.15) is 16.4 Å². The van der Waals surface area contributed by atoms with Gasteiger partial charge in [0.25, 0.3) is 0 Å². The summed E-state index contributed by atoms with van der Waals surface area (Å²) in [6, 6.07) is 12.3. The Morgan fingerprint density at radius 1 is 1.05 bits per heavy atom. The van der Waals surface area contributed by atoms with E-state index in [0.717, 1.165) is 17.5 Å². The molecule has 0 bridgehead atoms. The summed E-state index contributed by atoms with van der Waals surface area (Å²) in [7, 11) is -0.833. The fourth-order valence-corrected chi connectivity index (χ4v) is 6.47. The molecule has 0 saturated carbocycles. The number of aromatic nitrogens is 2. The van der Waals surface area contributed by atoms with Crippen LogP contribution < -0.4 is 14.4 Å². The predicted octanol–water partition coefficient (Wildman–Crippen LogP) is 1.80. The molecule has 2 unspecified atom stereocenters. The number of aldehydes is 1.